The summed E-state index contributed by atoms with van der Waals surface area (Å²) < 4.78 is 38.8. The number of hydrogen-bond donors (Lipinski definition) is 2. The third kappa shape index (κ3) is 7.35. The molecule has 1 atom stereocenters. The number of carbonyl (C=O) groups excluding carboxylic acids is 1. The highest BCUT2D eigenvalue weighted by Crippen LogP contribution is 2.27. The van der Waals surface area contributed by atoms with Gasteiger partial charge in [-0.25, -0.2) is 13.8 Å². The zero-order valence-corrected chi connectivity index (χ0v) is 19.9. The average molecular weight is 462 g/mol. The van der Waals surface area contributed by atoms with Gasteiger partial charge in [0.1, 0.15) is 6.04 Å². The minimum Gasteiger partial charge on any atom is -0.493 e. The number of carbonyl (C=O) groups is 1. The third-order valence-corrected chi connectivity index (χ3v) is 6.02. The number of nitrogens with one attached hydrogen (secondary N) is 2. The Morgan fingerprint density at radius 1 is 1.12 bits per heavy atom. The van der Waals surface area contributed by atoms with E-state index in [-0.39, 0.29) is 10.8 Å². The summed E-state index contributed by atoms with van der Waals surface area (Å²) in [7, 11) is -2.30. The second-order valence-electron chi connectivity index (χ2n) is 7.69. The SMILES string of the molecule is CCOc1cc(/C=N\NC(=O)[C@H](CC(C)C)NS(=O)(=O)c2ccc(C)cc2)ccc1OC. The van der Waals surface area contributed by atoms with Crippen LogP contribution in [-0.4, -0.2) is 40.3 Å². The van der Waals surface area contributed by atoms with Gasteiger partial charge in [-0.2, -0.15) is 9.82 Å². The first-order chi connectivity index (χ1) is 15.2. The Labute approximate surface area is 190 Å². The van der Waals surface area contributed by atoms with Crippen LogP contribution < -0.4 is 19.6 Å². The first-order valence-electron chi connectivity index (χ1n) is 10.4. The highest BCUT2D eigenvalue weighted by Gasteiger charge is 2.26. The summed E-state index contributed by atoms with van der Waals surface area (Å²) in [6.45, 7) is 8.04. The lowest BCUT2D eigenvalue weighted by molar-refractivity contribution is -0.123. The van der Waals surface area contributed by atoms with Gasteiger partial charge in [-0.1, -0.05) is 31.5 Å². The monoisotopic (exact) mass is 461 g/mol. The summed E-state index contributed by atoms with van der Waals surface area (Å²) in [5, 5.41) is 3.99. The molecule has 0 aliphatic rings. The van der Waals surface area contributed by atoms with E-state index >= 15 is 0 Å². The van der Waals surface area contributed by atoms with Gasteiger partial charge in [0.25, 0.3) is 5.91 Å². The zero-order valence-electron chi connectivity index (χ0n) is 19.1. The smallest absolute Gasteiger partial charge is 0.258 e. The van der Waals surface area contributed by atoms with Gasteiger partial charge >= 0.3 is 0 Å². The van der Waals surface area contributed by atoms with Crippen LogP contribution in [0.4, 0.5) is 0 Å². The molecule has 8 nitrogen and oxygen atoms in total. The first-order valence-corrected chi connectivity index (χ1v) is 11.9. The maximum atomic E-state index is 12.7. The molecular formula is C23H31N3O5S. The van der Waals surface area contributed by atoms with Crippen molar-refractivity contribution in [2.75, 3.05) is 13.7 Å². The summed E-state index contributed by atoms with van der Waals surface area (Å²) in [5.74, 6) is 0.708. The Kier molecular flexibility index (Phi) is 9.22. The summed E-state index contributed by atoms with van der Waals surface area (Å²) >= 11 is 0. The number of rotatable bonds is 11. The van der Waals surface area contributed by atoms with E-state index in [1.54, 1.807) is 37.4 Å². The molecule has 2 N–H and O–H groups in total. The number of hydrogen-bond acceptors (Lipinski definition) is 6. The topological polar surface area (TPSA) is 106 Å². The molecule has 32 heavy (non-hydrogen) atoms. The van der Waals surface area contributed by atoms with Gasteiger partial charge in [0.15, 0.2) is 11.5 Å². The van der Waals surface area contributed by atoms with Gasteiger partial charge in [-0.05, 0) is 62.1 Å². The van der Waals surface area contributed by atoms with Crippen LogP contribution in [0.3, 0.4) is 0 Å². The standard InChI is InChI=1S/C23H31N3O5S/c1-6-31-22-14-18(9-12-21(22)30-5)15-24-25-23(27)20(13-16(2)3)26-32(28,29)19-10-7-17(4)8-11-19/h7-12,14-16,20,26H,6,13H2,1-5H3,(H,25,27)/b24-15-/t20-/m0/s1. The van der Waals surface area contributed by atoms with Crippen molar-refractivity contribution < 1.29 is 22.7 Å². The van der Waals surface area contributed by atoms with E-state index in [0.29, 0.717) is 30.1 Å². The Balaban J connectivity index is 2.12. The summed E-state index contributed by atoms with van der Waals surface area (Å²) in [6.07, 6.45) is 1.78. The van der Waals surface area contributed by atoms with Crippen LogP contribution in [-0.2, 0) is 14.8 Å². The number of ether oxygens (including phenoxy) is 2. The fraction of sp³-hybridized carbons (Fsp3) is 0.391. The molecule has 9 heteroatoms. The number of sulfonamides is 1. The molecule has 0 saturated heterocycles. The zero-order chi connectivity index (χ0) is 23.7. The fourth-order valence-electron chi connectivity index (χ4n) is 2.94. The molecule has 174 valence electrons. The number of benzene rings is 2. The summed E-state index contributed by atoms with van der Waals surface area (Å²) in [5.41, 5.74) is 4.07. The minimum atomic E-state index is -3.86. The van der Waals surface area contributed by atoms with E-state index in [4.69, 9.17) is 9.47 Å². The molecule has 0 heterocycles. The lowest BCUT2D eigenvalue weighted by Crippen LogP contribution is -2.46. The molecule has 0 aliphatic heterocycles. The molecule has 0 bridgehead atoms. The van der Waals surface area contributed by atoms with Crippen molar-refractivity contribution in [3.63, 3.8) is 0 Å². The van der Waals surface area contributed by atoms with Crippen LogP contribution in [0.1, 0.15) is 38.3 Å². The average Bonchev–Trinajstić information content (AvgIpc) is 2.73. The lowest BCUT2D eigenvalue weighted by Gasteiger charge is -2.19. The first kappa shape index (κ1) is 25.4. The van der Waals surface area contributed by atoms with E-state index in [2.05, 4.69) is 15.2 Å². The van der Waals surface area contributed by atoms with Gasteiger partial charge in [-0.15, -0.1) is 0 Å². The number of hydrazone groups is 1. The van der Waals surface area contributed by atoms with E-state index < -0.39 is 22.0 Å². The van der Waals surface area contributed by atoms with Crippen molar-refractivity contribution in [3.05, 3.63) is 53.6 Å². The lowest BCUT2D eigenvalue weighted by atomic mass is 10.0. The van der Waals surface area contributed by atoms with Gasteiger partial charge in [0, 0.05) is 0 Å². The summed E-state index contributed by atoms with van der Waals surface area (Å²) in [6, 6.07) is 10.7. The Hall–Kier alpha value is -2.91. The van der Waals surface area contributed by atoms with Crippen molar-refractivity contribution in [2.24, 2.45) is 11.0 Å². The second kappa shape index (κ2) is 11.6. The molecule has 0 saturated carbocycles. The Morgan fingerprint density at radius 2 is 1.81 bits per heavy atom. The number of methoxy groups -OCH3 is 1. The maximum Gasteiger partial charge on any atom is 0.258 e. The van der Waals surface area contributed by atoms with Crippen LogP contribution in [0, 0.1) is 12.8 Å². The molecule has 1 amide bonds. The molecule has 2 rings (SSSR count). The van der Waals surface area contributed by atoms with Crippen LogP contribution in [0.5, 0.6) is 11.5 Å². The van der Waals surface area contributed by atoms with Crippen molar-refractivity contribution in [1.82, 2.24) is 10.1 Å². The van der Waals surface area contributed by atoms with E-state index in [9.17, 15) is 13.2 Å². The van der Waals surface area contributed by atoms with E-state index in [1.165, 1.54) is 18.3 Å². The number of aryl methyl sites for hydroxylation is 1. The molecule has 2 aromatic rings. The fourth-order valence-corrected chi connectivity index (χ4v) is 4.15. The van der Waals surface area contributed by atoms with Crippen molar-refractivity contribution in [3.8, 4) is 11.5 Å². The van der Waals surface area contributed by atoms with Gasteiger partial charge in [-0.3, -0.25) is 4.79 Å². The molecule has 0 aliphatic carbocycles. The predicted molar refractivity (Wildman–Crippen MR) is 125 cm³/mol. The predicted octanol–water partition coefficient (Wildman–Crippen LogP) is 3.25. The Morgan fingerprint density at radius 3 is 2.41 bits per heavy atom. The van der Waals surface area contributed by atoms with Crippen LogP contribution in [0.15, 0.2) is 52.5 Å². The van der Waals surface area contributed by atoms with Crippen molar-refractivity contribution in [2.45, 2.75) is 45.1 Å². The normalized spacial score (nSPS) is 12.7. The largest absolute Gasteiger partial charge is 0.493 e. The van der Waals surface area contributed by atoms with Crippen LogP contribution in [0.2, 0.25) is 0 Å². The second-order valence-corrected chi connectivity index (χ2v) is 9.41. The van der Waals surface area contributed by atoms with Crippen LogP contribution >= 0.6 is 0 Å². The van der Waals surface area contributed by atoms with E-state index in [0.717, 1.165) is 5.56 Å². The molecule has 2 aromatic carbocycles. The molecular weight excluding hydrogens is 430 g/mol. The molecule has 0 spiro atoms. The molecule has 0 unspecified atom stereocenters. The van der Waals surface area contributed by atoms with Crippen molar-refractivity contribution >= 4 is 22.1 Å². The van der Waals surface area contributed by atoms with E-state index in [1.807, 2.05) is 27.7 Å². The quantitative estimate of drug-likeness (QED) is 0.395. The highest BCUT2D eigenvalue weighted by atomic mass is 32.2. The highest BCUT2D eigenvalue weighted by molar-refractivity contribution is 7.89. The third-order valence-electron chi connectivity index (χ3n) is 4.53. The molecule has 0 aromatic heterocycles. The minimum absolute atomic E-state index is 0.0887. The maximum absolute atomic E-state index is 12.7. The van der Waals surface area contributed by atoms with Gasteiger partial charge in [0.2, 0.25) is 10.0 Å². The van der Waals surface area contributed by atoms with Gasteiger partial charge in [0.05, 0.1) is 24.8 Å². The Bertz CT molecular complexity index is 1030. The van der Waals surface area contributed by atoms with Crippen molar-refractivity contribution in [1.29, 1.82) is 0 Å². The summed E-state index contributed by atoms with van der Waals surface area (Å²) in [4.78, 5) is 12.8. The number of nitrogens with zero attached hydrogens (tertiary/aromatic N) is 1. The molecule has 0 fully saturated rings. The number of amides is 1. The van der Waals surface area contributed by atoms with Crippen LogP contribution in [0.25, 0.3) is 0 Å². The van der Waals surface area contributed by atoms with Gasteiger partial charge < -0.3 is 9.47 Å². The molecule has 0 radical (unpaired) electrons.